The van der Waals surface area contributed by atoms with E-state index in [1.807, 2.05) is 0 Å². The third-order valence-corrected chi connectivity index (χ3v) is 3.43. The highest BCUT2D eigenvalue weighted by Crippen LogP contribution is 2.25. The van der Waals surface area contributed by atoms with E-state index in [2.05, 4.69) is 10.3 Å². The van der Waals surface area contributed by atoms with Gasteiger partial charge in [-0.25, -0.2) is 9.37 Å². The Morgan fingerprint density at radius 1 is 1.48 bits per heavy atom. The van der Waals surface area contributed by atoms with Crippen LogP contribution < -0.4 is 5.32 Å². The number of nitrogens with zero attached hydrogens (tertiary/aromatic N) is 1. The van der Waals surface area contributed by atoms with Gasteiger partial charge in [-0.2, -0.15) is 0 Å². The highest BCUT2D eigenvalue weighted by Gasteiger charge is 2.44. The molecule has 0 radical (unpaired) electrons. The first kappa shape index (κ1) is 16.3. The second kappa shape index (κ2) is 6.82. The topological polar surface area (TPSA) is 104 Å². The second-order valence-electron chi connectivity index (χ2n) is 4.60. The molecule has 0 amide bonds. The van der Waals surface area contributed by atoms with Gasteiger partial charge in [-0.3, -0.25) is 0 Å². The number of anilines is 1. The first-order valence-electron chi connectivity index (χ1n) is 6.20. The van der Waals surface area contributed by atoms with E-state index < -0.39 is 43.1 Å². The molecule has 9 heteroatoms. The van der Waals surface area contributed by atoms with Gasteiger partial charge in [0.15, 0.2) is 17.9 Å². The van der Waals surface area contributed by atoms with Crippen LogP contribution in [0.4, 0.5) is 10.2 Å². The van der Waals surface area contributed by atoms with Crippen molar-refractivity contribution < 1.29 is 29.2 Å². The fraction of sp³-hybridized carbons (Fsp3) is 0.583. The van der Waals surface area contributed by atoms with Crippen LogP contribution in [0.25, 0.3) is 0 Å². The van der Waals surface area contributed by atoms with E-state index in [1.54, 1.807) is 0 Å². The fourth-order valence-corrected chi connectivity index (χ4v) is 2.26. The van der Waals surface area contributed by atoms with Crippen LogP contribution in [0.3, 0.4) is 0 Å². The van der Waals surface area contributed by atoms with Crippen molar-refractivity contribution in [3.05, 3.63) is 23.1 Å². The van der Waals surface area contributed by atoms with Gasteiger partial charge >= 0.3 is 0 Å². The van der Waals surface area contributed by atoms with Crippen molar-refractivity contribution in [1.29, 1.82) is 0 Å². The van der Waals surface area contributed by atoms with Crippen LogP contribution in [-0.4, -0.2) is 64.7 Å². The summed E-state index contributed by atoms with van der Waals surface area (Å²) in [5.41, 5.74) is 0. The number of hydrogen-bond donors (Lipinski definition) is 4. The first-order valence-corrected chi connectivity index (χ1v) is 6.58. The maximum absolute atomic E-state index is 13.7. The van der Waals surface area contributed by atoms with Crippen molar-refractivity contribution in [3.63, 3.8) is 0 Å². The molecule has 0 bridgehead atoms. The number of hydrogen-bond acceptors (Lipinski definition) is 7. The average Bonchev–Trinajstić information content (AvgIpc) is 2.46. The first-order chi connectivity index (χ1) is 9.97. The third-order valence-electron chi connectivity index (χ3n) is 3.22. The summed E-state index contributed by atoms with van der Waals surface area (Å²) in [5.74, 6) is -0.882. The van der Waals surface area contributed by atoms with Gasteiger partial charge in [-0.05, 0) is 6.07 Å². The zero-order valence-corrected chi connectivity index (χ0v) is 11.9. The number of nitrogens with one attached hydrogen (secondary N) is 1. The maximum Gasteiger partial charge on any atom is 0.180 e. The van der Waals surface area contributed by atoms with Crippen molar-refractivity contribution in [1.82, 2.24) is 4.98 Å². The van der Waals surface area contributed by atoms with Gasteiger partial charge in [0.1, 0.15) is 24.4 Å². The Bertz CT molecular complexity index is 493. The van der Waals surface area contributed by atoms with Gasteiger partial charge in [0.2, 0.25) is 0 Å². The summed E-state index contributed by atoms with van der Waals surface area (Å²) < 4.78 is 24.1. The molecular weight excluding hydrogens is 307 g/mol. The van der Waals surface area contributed by atoms with Crippen LogP contribution in [0.15, 0.2) is 12.3 Å². The van der Waals surface area contributed by atoms with E-state index in [9.17, 15) is 14.6 Å². The van der Waals surface area contributed by atoms with Gasteiger partial charge in [-0.1, -0.05) is 11.6 Å². The Hall–Kier alpha value is -1.03. The molecule has 1 aliphatic rings. The molecule has 0 spiro atoms. The summed E-state index contributed by atoms with van der Waals surface area (Å²) in [6, 6.07) is 0.0813. The van der Waals surface area contributed by atoms with Crippen molar-refractivity contribution in [2.45, 2.75) is 30.6 Å². The standard InChI is InChI=1S/C12H16ClFN2O5/c1-20-12-8(10(19)9(18)7(4-17)21-12)16-11-6(14)2-5(13)3-15-11/h2-3,7-10,12,17-19H,4H2,1H3,(H,15,16)/t7-,8-,9+,10-,12-/m1/s1. The third kappa shape index (κ3) is 3.42. The molecular formula is C12H16ClFN2O5. The Labute approximate surface area is 125 Å². The second-order valence-corrected chi connectivity index (χ2v) is 5.03. The molecule has 2 heterocycles. The molecule has 0 aliphatic carbocycles. The van der Waals surface area contributed by atoms with E-state index in [1.165, 1.54) is 13.3 Å². The van der Waals surface area contributed by atoms with E-state index in [-0.39, 0.29) is 10.8 Å². The van der Waals surface area contributed by atoms with Gasteiger partial charge in [0.25, 0.3) is 0 Å². The lowest BCUT2D eigenvalue weighted by molar-refractivity contribution is -0.254. The van der Waals surface area contributed by atoms with Crippen LogP contribution in [0.2, 0.25) is 5.02 Å². The largest absolute Gasteiger partial charge is 0.394 e. The number of aromatic nitrogens is 1. The predicted molar refractivity (Wildman–Crippen MR) is 71.4 cm³/mol. The number of pyridine rings is 1. The van der Waals surface area contributed by atoms with Crippen molar-refractivity contribution in [2.24, 2.45) is 0 Å². The highest BCUT2D eigenvalue weighted by atomic mass is 35.5. The number of halogens is 2. The number of ether oxygens (including phenoxy) is 2. The van der Waals surface area contributed by atoms with Crippen LogP contribution >= 0.6 is 11.6 Å². The van der Waals surface area contributed by atoms with Crippen molar-refractivity contribution in [2.75, 3.05) is 19.0 Å². The van der Waals surface area contributed by atoms with Crippen LogP contribution in [0.1, 0.15) is 0 Å². The van der Waals surface area contributed by atoms with Crippen molar-refractivity contribution in [3.8, 4) is 0 Å². The lowest BCUT2D eigenvalue weighted by Gasteiger charge is -2.41. The lowest BCUT2D eigenvalue weighted by atomic mass is 9.97. The van der Waals surface area contributed by atoms with Crippen LogP contribution in [0.5, 0.6) is 0 Å². The summed E-state index contributed by atoms with van der Waals surface area (Å²) in [5, 5.41) is 31.8. The summed E-state index contributed by atoms with van der Waals surface area (Å²) >= 11 is 5.61. The maximum atomic E-state index is 13.7. The van der Waals surface area contributed by atoms with E-state index >= 15 is 0 Å². The van der Waals surface area contributed by atoms with Gasteiger partial charge in [-0.15, -0.1) is 0 Å². The Balaban J connectivity index is 2.20. The summed E-state index contributed by atoms with van der Waals surface area (Å²) in [6.07, 6.45) is -3.46. The lowest BCUT2D eigenvalue weighted by Crippen LogP contribution is -2.61. The molecule has 4 N–H and O–H groups in total. The molecule has 0 saturated carbocycles. The SMILES string of the molecule is CO[C@@H]1O[C@H](CO)[C@H](O)[C@H](O)[C@H]1Nc1ncc(Cl)cc1F. The Kier molecular flexibility index (Phi) is 5.31. The van der Waals surface area contributed by atoms with E-state index in [0.717, 1.165) is 6.07 Å². The molecule has 1 aromatic heterocycles. The zero-order valence-electron chi connectivity index (χ0n) is 11.1. The van der Waals surface area contributed by atoms with Crippen molar-refractivity contribution >= 4 is 17.4 Å². The molecule has 5 atom stereocenters. The summed E-state index contributed by atoms with van der Waals surface area (Å²) in [4.78, 5) is 3.77. The van der Waals surface area contributed by atoms with E-state index in [4.69, 9.17) is 26.2 Å². The molecule has 0 aromatic carbocycles. The average molecular weight is 323 g/mol. The minimum Gasteiger partial charge on any atom is -0.394 e. The number of rotatable bonds is 4. The predicted octanol–water partition coefficient (Wildman–Crippen LogP) is -0.260. The van der Waals surface area contributed by atoms with E-state index in [0.29, 0.717) is 0 Å². The zero-order chi connectivity index (χ0) is 15.6. The van der Waals surface area contributed by atoms with Crippen LogP contribution in [-0.2, 0) is 9.47 Å². The molecule has 1 saturated heterocycles. The summed E-state index contributed by atoms with van der Waals surface area (Å²) in [6.45, 7) is -0.488. The highest BCUT2D eigenvalue weighted by molar-refractivity contribution is 6.30. The Morgan fingerprint density at radius 2 is 2.19 bits per heavy atom. The fourth-order valence-electron chi connectivity index (χ4n) is 2.12. The minimum absolute atomic E-state index is 0.127. The molecule has 1 aliphatic heterocycles. The molecule has 0 unspecified atom stereocenters. The molecule has 2 rings (SSSR count). The minimum atomic E-state index is -1.35. The monoisotopic (exact) mass is 322 g/mol. The quantitative estimate of drug-likeness (QED) is 0.605. The van der Waals surface area contributed by atoms with Crippen LogP contribution in [0, 0.1) is 5.82 Å². The normalized spacial score (nSPS) is 33.0. The molecule has 7 nitrogen and oxygen atoms in total. The number of aliphatic hydroxyl groups excluding tert-OH is 3. The Morgan fingerprint density at radius 3 is 2.76 bits per heavy atom. The summed E-state index contributed by atoms with van der Waals surface area (Å²) in [7, 11) is 1.32. The van der Waals surface area contributed by atoms with Gasteiger partial charge in [0, 0.05) is 13.3 Å². The van der Waals surface area contributed by atoms with Gasteiger partial charge in [0.05, 0.1) is 11.6 Å². The molecule has 21 heavy (non-hydrogen) atoms. The number of aliphatic hydroxyl groups is 3. The molecule has 1 fully saturated rings. The number of methoxy groups -OCH3 is 1. The smallest absolute Gasteiger partial charge is 0.180 e. The molecule has 1 aromatic rings. The van der Waals surface area contributed by atoms with Gasteiger partial charge < -0.3 is 30.1 Å². The molecule has 118 valence electrons.